The van der Waals surface area contributed by atoms with E-state index in [4.69, 9.17) is 9.26 Å². The molecule has 1 unspecified atom stereocenters. The van der Waals surface area contributed by atoms with Gasteiger partial charge in [0.1, 0.15) is 5.75 Å². The van der Waals surface area contributed by atoms with E-state index in [9.17, 15) is 9.46 Å². The van der Waals surface area contributed by atoms with E-state index >= 15 is 0 Å². The Kier molecular flexibility index (Phi) is 4.71. The average molecular weight is 260 g/mol. The second-order valence-corrected chi connectivity index (χ2v) is 5.17. The third-order valence-corrected chi connectivity index (χ3v) is 2.99. The smallest absolute Gasteiger partial charge is 0.462 e. The standard InChI is InChI=1S/C11H17O5P/c1-4-14-17(12,13)16-11(2,3)15-10-8-6-5-7-9-10/h5-9H,4H2,1-3H3,(H,12,13). The predicted octanol–water partition coefficient (Wildman–Crippen LogP) is 2.96. The molecular formula is C11H17O5P. The summed E-state index contributed by atoms with van der Waals surface area (Å²) in [6.07, 6.45) is 0. The fourth-order valence-electron chi connectivity index (χ4n) is 1.26. The zero-order valence-electron chi connectivity index (χ0n) is 10.1. The van der Waals surface area contributed by atoms with Gasteiger partial charge in [-0.05, 0) is 19.1 Å². The molecule has 96 valence electrons. The van der Waals surface area contributed by atoms with E-state index in [0.29, 0.717) is 5.75 Å². The third kappa shape index (κ3) is 5.33. The summed E-state index contributed by atoms with van der Waals surface area (Å²) >= 11 is 0. The normalized spacial score (nSPS) is 15.3. The van der Waals surface area contributed by atoms with E-state index in [2.05, 4.69) is 4.52 Å². The molecule has 0 saturated heterocycles. The number of ether oxygens (including phenoxy) is 1. The fourth-order valence-corrected chi connectivity index (χ4v) is 2.23. The Morgan fingerprint density at radius 1 is 1.29 bits per heavy atom. The van der Waals surface area contributed by atoms with Crippen LogP contribution in [0.15, 0.2) is 30.3 Å². The molecule has 1 aromatic rings. The first-order chi connectivity index (χ1) is 7.85. The molecule has 1 aromatic carbocycles. The van der Waals surface area contributed by atoms with Gasteiger partial charge in [-0.15, -0.1) is 0 Å². The minimum absolute atomic E-state index is 0.0925. The van der Waals surface area contributed by atoms with Crippen LogP contribution < -0.4 is 4.74 Å². The molecule has 0 heterocycles. The highest BCUT2D eigenvalue weighted by Crippen LogP contribution is 2.47. The van der Waals surface area contributed by atoms with Gasteiger partial charge < -0.3 is 9.63 Å². The number of phosphoric acid groups is 1. The summed E-state index contributed by atoms with van der Waals surface area (Å²) in [6, 6.07) is 8.90. The van der Waals surface area contributed by atoms with Crippen molar-refractivity contribution in [2.45, 2.75) is 26.6 Å². The lowest BCUT2D eigenvalue weighted by molar-refractivity contribution is -0.0994. The van der Waals surface area contributed by atoms with Gasteiger partial charge in [-0.2, -0.15) is 0 Å². The van der Waals surface area contributed by atoms with Crippen molar-refractivity contribution in [1.82, 2.24) is 0 Å². The molecule has 0 amide bonds. The Balaban J connectivity index is 2.66. The van der Waals surface area contributed by atoms with Crippen LogP contribution in [0.25, 0.3) is 0 Å². The zero-order valence-corrected chi connectivity index (χ0v) is 11.0. The van der Waals surface area contributed by atoms with Crippen LogP contribution in [0.2, 0.25) is 0 Å². The van der Waals surface area contributed by atoms with E-state index in [1.165, 1.54) is 0 Å². The highest BCUT2D eigenvalue weighted by Gasteiger charge is 2.33. The molecule has 0 saturated carbocycles. The largest absolute Gasteiger partial charge is 0.475 e. The van der Waals surface area contributed by atoms with Crippen LogP contribution >= 0.6 is 7.82 Å². The summed E-state index contributed by atoms with van der Waals surface area (Å²) in [4.78, 5) is 9.36. The molecule has 5 nitrogen and oxygen atoms in total. The SMILES string of the molecule is CCOP(=O)(O)OC(C)(C)Oc1ccccc1. The van der Waals surface area contributed by atoms with Crippen LogP contribution in [0.5, 0.6) is 5.75 Å². The molecular weight excluding hydrogens is 243 g/mol. The molecule has 1 N–H and O–H groups in total. The molecule has 1 atom stereocenters. The zero-order chi connectivity index (χ0) is 12.9. The van der Waals surface area contributed by atoms with Gasteiger partial charge in [0.05, 0.1) is 6.61 Å². The van der Waals surface area contributed by atoms with Gasteiger partial charge in [0.2, 0.25) is 5.79 Å². The lowest BCUT2D eigenvalue weighted by Gasteiger charge is -2.27. The number of rotatable bonds is 6. The molecule has 17 heavy (non-hydrogen) atoms. The van der Waals surface area contributed by atoms with Crippen molar-refractivity contribution in [2.24, 2.45) is 0 Å². The van der Waals surface area contributed by atoms with Gasteiger partial charge in [0.25, 0.3) is 0 Å². The van der Waals surface area contributed by atoms with Crippen LogP contribution in [0.3, 0.4) is 0 Å². The van der Waals surface area contributed by atoms with E-state index < -0.39 is 13.6 Å². The number of hydrogen-bond acceptors (Lipinski definition) is 4. The molecule has 0 aromatic heterocycles. The van der Waals surface area contributed by atoms with E-state index in [1.54, 1.807) is 45.0 Å². The first-order valence-electron chi connectivity index (χ1n) is 5.27. The fraction of sp³-hybridized carbons (Fsp3) is 0.455. The van der Waals surface area contributed by atoms with Crippen LogP contribution in [0.4, 0.5) is 0 Å². The van der Waals surface area contributed by atoms with Gasteiger partial charge in [-0.1, -0.05) is 18.2 Å². The summed E-state index contributed by atoms with van der Waals surface area (Å²) in [5.74, 6) is -0.699. The summed E-state index contributed by atoms with van der Waals surface area (Å²) in [5.41, 5.74) is 0. The first-order valence-corrected chi connectivity index (χ1v) is 6.76. The van der Waals surface area contributed by atoms with Crippen LogP contribution in [-0.2, 0) is 13.6 Å². The Bertz CT molecular complexity index is 390. The summed E-state index contributed by atoms with van der Waals surface area (Å²) in [6.45, 7) is 4.79. The Morgan fingerprint density at radius 2 is 1.88 bits per heavy atom. The van der Waals surface area contributed by atoms with Gasteiger partial charge in [0, 0.05) is 13.8 Å². The Labute approximate surface area is 101 Å². The molecule has 0 aliphatic rings. The van der Waals surface area contributed by atoms with E-state index in [0.717, 1.165) is 0 Å². The van der Waals surface area contributed by atoms with Crippen molar-refractivity contribution >= 4 is 7.82 Å². The monoisotopic (exact) mass is 260 g/mol. The Hall–Kier alpha value is -0.870. The van der Waals surface area contributed by atoms with E-state index in [-0.39, 0.29) is 6.61 Å². The number of benzene rings is 1. The summed E-state index contributed by atoms with van der Waals surface area (Å²) < 4.78 is 26.4. The van der Waals surface area contributed by atoms with Crippen molar-refractivity contribution < 1.29 is 23.2 Å². The number of para-hydroxylation sites is 1. The average Bonchev–Trinajstić information content (AvgIpc) is 2.15. The van der Waals surface area contributed by atoms with E-state index in [1.807, 2.05) is 6.07 Å². The molecule has 0 bridgehead atoms. The van der Waals surface area contributed by atoms with Crippen molar-refractivity contribution in [2.75, 3.05) is 6.61 Å². The van der Waals surface area contributed by atoms with Gasteiger partial charge in [-0.25, -0.2) is 9.09 Å². The second-order valence-electron chi connectivity index (χ2n) is 3.79. The topological polar surface area (TPSA) is 65.0 Å². The van der Waals surface area contributed by atoms with Crippen molar-refractivity contribution in [3.8, 4) is 5.75 Å². The first kappa shape index (κ1) is 14.2. The molecule has 6 heteroatoms. The quantitative estimate of drug-likeness (QED) is 0.629. The van der Waals surface area contributed by atoms with Crippen LogP contribution in [-0.4, -0.2) is 17.3 Å². The second kappa shape index (κ2) is 5.65. The number of hydrogen-bond donors (Lipinski definition) is 1. The molecule has 1 rings (SSSR count). The predicted molar refractivity (Wildman–Crippen MR) is 63.7 cm³/mol. The summed E-state index contributed by atoms with van der Waals surface area (Å²) in [7, 11) is -4.08. The molecule has 0 fully saturated rings. The highest BCUT2D eigenvalue weighted by molar-refractivity contribution is 7.47. The molecule has 0 spiro atoms. The molecule has 0 radical (unpaired) electrons. The maximum atomic E-state index is 11.5. The highest BCUT2D eigenvalue weighted by atomic mass is 31.2. The number of phosphoric ester groups is 1. The lowest BCUT2D eigenvalue weighted by atomic mass is 10.3. The van der Waals surface area contributed by atoms with Crippen molar-refractivity contribution in [1.29, 1.82) is 0 Å². The van der Waals surface area contributed by atoms with Crippen LogP contribution in [0, 0.1) is 0 Å². The maximum absolute atomic E-state index is 11.5. The Morgan fingerprint density at radius 3 is 2.41 bits per heavy atom. The van der Waals surface area contributed by atoms with Gasteiger partial charge >= 0.3 is 7.82 Å². The minimum Gasteiger partial charge on any atom is -0.462 e. The van der Waals surface area contributed by atoms with Gasteiger partial charge in [0.15, 0.2) is 0 Å². The van der Waals surface area contributed by atoms with Crippen molar-refractivity contribution in [3.05, 3.63) is 30.3 Å². The molecule has 0 aliphatic carbocycles. The maximum Gasteiger partial charge on any atom is 0.475 e. The van der Waals surface area contributed by atoms with Crippen LogP contribution in [0.1, 0.15) is 20.8 Å². The van der Waals surface area contributed by atoms with Crippen molar-refractivity contribution in [3.63, 3.8) is 0 Å². The molecule has 0 aliphatic heterocycles. The summed E-state index contributed by atoms with van der Waals surface area (Å²) in [5, 5.41) is 0. The van der Waals surface area contributed by atoms with Gasteiger partial charge in [-0.3, -0.25) is 4.52 Å². The lowest BCUT2D eigenvalue weighted by Crippen LogP contribution is -2.31. The minimum atomic E-state index is -4.08. The third-order valence-electron chi connectivity index (χ3n) is 1.73.